The molecule has 0 fully saturated rings. The third-order valence-corrected chi connectivity index (χ3v) is 6.39. The second-order valence-corrected chi connectivity index (χ2v) is 10.7. The fourth-order valence-corrected chi connectivity index (χ4v) is 4.25. The van der Waals surface area contributed by atoms with Gasteiger partial charge in [-0.15, -0.1) is 0 Å². The fourth-order valence-electron chi connectivity index (χ4n) is 4.25. The van der Waals surface area contributed by atoms with Crippen molar-refractivity contribution >= 4 is 28.7 Å². The lowest BCUT2D eigenvalue weighted by Gasteiger charge is -2.37. The molecule has 1 heterocycles. The molecular formula is C27H40N4O4. The molecule has 0 bridgehead atoms. The van der Waals surface area contributed by atoms with Crippen LogP contribution in [0.25, 0.3) is 10.9 Å². The van der Waals surface area contributed by atoms with Gasteiger partial charge in [-0.3, -0.25) is 9.59 Å². The molecule has 8 heteroatoms. The Morgan fingerprint density at radius 1 is 1.20 bits per heavy atom. The van der Waals surface area contributed by atoms with Gasteiger partial charge in [0.1, 0.15) is 6.04 Å². The zero-order valence-electron chi connectivity index (χ0n) is 22.1. The summed E-state index contributed by atoms with van der Waals surface area (Å²) in [6.45, 7) is 11.0. The number of nitrogens with one attached hydrogen (secondary N) is 1. The first kappa shape index (κ1) is 28.1. The molecule has 192 valence electrons. The van der Waals surface area contributed by atoms with Crippen LogP contribution in [0.2, 0.25) is 0 Å². The monoisotopic (exact) mass is 484 g/mol. The van der Waals surface area contributed by atoms with Crippen molar-refractivity contribution in [1.82, 2.24) is 14.8 Å². The molecule has 0 aliphatic carbocycles. The number of aryl methyl sites for hydroxylation is 1. The number of benzene rings is 1. The molecule has 35 heavy (non-hydrogen) atoms. The number of carboxylic acid groups (broad SMARTS) is 1. The minimum Gasteiger partial charge on any atom is -0.478 e. The van der Waals surface area contributed by atoms with Gasteiger partial charge in [0.15, 0.2) is 0 Å². The number of aliphatic carboxylic acids is 1. The Balaban J connectivity index is 2.25. The summed E-state index contributed by atoms with van der Waals surface area (Å²) in [4.78, 5) is 39.6. The average Bonchev–Trinajstić information content (AvgIpc) is 3.08. The highest BCUT2D eigenvalue weighted by molar-refractivity contribution is 5.92. The second kappa shape index (κ2) is 11.1. The quantitative estimate of drug-likeness (QED) is 0.473. The lowest BCUT2D eigenvalue weighted by Crippen LogP contribution is -2.58. The van der Waals surface area contributed by atoms with E-state index in [1.54, 1.807) is 13.1 Å². The van der Waals surface area contributed by atoms with E-state index in [0.717, 1.165) is 16.5 Å². The molecule has 0 aliphatic heterocycles. The summed E-state index contributed by atoms with van der Waals surface area (Å²) >= 11 is 0. The first-order chi connectivity index (χ1) is 16.1. The Morgan fingerprint density at radius 2 is 1.80 bits per heavy atom. The summed E-state index contributed by atoms with van der Waals surface area (Å²) < 4.78 is 2.00. The zero-order valence-corrected chi connectivity index (χ0v) is 22.1. The summed E-state index contributed by atoms with van der Waals surface area (Å²) in [7, 11) is 3.59. The van der Waals surface area contributed by atoms with Gasteiger partial charge in [0.2, 0.25) is 11.8 Å². The van der Waals surface area contributed by atoms with Crippen LogP contribution in [-0.4, -0.2) is 57.5 Å². The maximum absolute atomic E-state index is 13.6. The maximum atomic E-state index is 13.6. The number of hydrogen-bond acceptors (Lipinski definition) is 4. The smallest absolute Gasteiger partial charge is 0.331 e. The largest absolute Gasteiger partial charge is 0.478 e. The summed E-state index contributed by atoms with van der Waals surface area (Å²) in [5.41, 5.74) is 7.90. The van der Waals surface area contributed by atoms with Gasteiger partial charge >= 0.3 is 5.97 Å². The van der Waals surface area contributed by atoms with Crippen molar-refractivity contribution in [2.24, 2.45) is 24.1 Å². The number of nitrogens with zero attached hydrogens (tertiary/aromatic N) is 2. The first-order valence-electron chi connectivity index (χ1n) is 11.9. The average molecular weight is 485 g/mol. The lowest BCUT2D eigenvalue weighted by atomic mass is 9.84. The van der Waals surface area contributed by atoms with E-state index in [4.69, 9.17) is 5.73 Å². The number of amides is 2. The van der Waals surface area contributed by atoms with E-state index < -0.39 is 35.4 Å². The number of hydrogen-bond donors (Lipinski definition) is 3. The third-order valence-electron chi connectivity index (χ3n) is 6.39. The van der Waals surface area contributed by atoms with Gasteiger partial charge in [0.05, 0.1) is 12.1 Å². The number of nitrogens with two attached hydrogens (primary N) is 1. The van der Waals surface area contributed by atoms with Gasteiger partial charge < -0.3 is 25.6 Å². The van der Waals surface area contributed by atoms with Gasteiger partial charge in [0.25, 0.3) is 0 Å². The van der Waals surface area contributed by atoms with Crippen molar-refractivity contribution in [2.75, 3.05) is 7.05 Å². The molecule has 0 spiro atoms. The van der Waals surface area contributed by atoms with E-state index in [1.807, 2.05) is 76.7 Å². The molecule has 1 aromatic carbocycles. The number of carboxylic acids is 1. The molecule has 3 atom stereocenters. The summed E-state index contributed by atoms with van der Waals surface area (Å²) in [5, 5.41) is 13.2. The van der Waals surface area contributed by atoms with Gasteiger partial charge in [-0.05, 0) is 36.3 Å². The maximum Gasteiger partial charge on any atom is 0.331 e. The van der Waals surface area contributed by atoms with Crippen LogP contribution < -0.4 is 11.1 Å². The molecule has 0 unspecified atom stereocenters. The van der Waals surface area contributed by atoms with E-state index in [9.17, 15) is 19.5 Å². The number of para-hydroxylation sites is 1. The van der Waals surface area contributed by atoms with E-state index in [1.165, 1.54) is 11.8 Å². The van der Waals surface area contributed by atoms with Crippen molar-refractivity contribution < 1.29 is 19.5 Å². The first-order valence-corrected chi connectivity index (χ1v) is 11.9. The molecule has 0 radical (unpaired) electrons. The fraction of sp³-hybridized carbons (Fsp3) is 0.519. The van der Waals surface area contributed by atoms with E-state index in [-0.39, 0.29) is 17.4 Å². The van der Waals surface area contributed by atoms with E-state index in [0.29, 0.717) is 6.42 Å². The summed E-state index contributed by atoms with van der Waals surface area (Å²) in [6, 6.07) is 5.83. The number of carbonyl (C=O) groups is 3. The number of fused-ring (bicyclic) bond motifs is 1. The second-order valence-electron chi connectivity index (χ2n) is 10.7. The predicted octanol–water partition coefficient (Wildman–Crippen LogP) is 3.09. The van der Waals surface area contributed by atoms with Crippen LogP contribution in [0.3, 0.4) is 0 Å². The van der Waals surface area contributed by atoms with Crippen molar-refractivity contribution in [2.45, 2.75) is 66.1 Å². The third kappa shape index (κ3) is 6.72. The molecule has 4 N–H and O–H groups in total. The Morgan fingerprint density at radius 3 is 2.34 bits per heavy atom. The van der Waals surface area contributed by atoms with Crippen LogP contribution in [-0.2, 0) is 27.9 Å². The SMILES string of the molecule is C/C(=C\[C@H](C(C)C)N(C)C(=O)[C@@H](NC(=O)[C@@H](N)Cc1cn(C)c2ccccc12)C(C)(C)C)C(=O)O. The molecule has 2 aromatic rings. The van der Waals surface area contributed by atoms with Crippen LogP contribution in [0, 0.1) is 11.3 Å². The van der Waals surface area contributed by atoms with Crippen LogP contribution in [0.4, 0.5) is 0 Å². The minimum absolute atomic E-state index is 0.0248. The number of carbonyl (C=O) groups excluding carboxylic acids is 2. The highest BCUT2D eigenvalue weighted by Crippen LogP contribution is 2.25. The van der Waals surface area contributed by atoms with Crippen molar-refractivity contribution in [3.05, 3.63) is 47.7 Å². The molecule has 2 rings (SSSR count). The number of aromatic nitrogens is 1. The molecule has 0 saturated heterocycles. The Hall–Kier alpha value is -3.13. The van der Waals surface area contributed by atoms with Crippen LogP contribution in [0.5, 0.6) is 0 Å². The topological polar surface area (TPSA) is 118 Å². The summed E-state index contributed by atoms with van der Waals surface area (Å²) in [5.74, 6) is -1.76. The molecule has 2 amide bonds. The molecule has 0 aliphatic rings. The predicted molar refractivity (Wildman–Crippen MR) is 139 cm³/mol. The van der Waals surface area contributed by atoms with Gasteiger partial charge in [-0.1, -0.05) is 58.9 Å². The van der Waals surface area contributed by atoms with E-state index >= 15 is 0 Å². The molecule has 0 saturated carbocycles. The Kier molecular flexibility index (Phi) is 8.89. The van der Waals surface area contributed by atoms with Crippen LogP contribution in [0.1, 0.15) is 47.1 Å². The zero-order chi connectivity index (χ0) is 26.7. The number of rotatable bonds is 9. The highest BCUT2D eigenvalue weighted by atomic mass is 16.4. The van der Waals surface area contributed by atoms with Gasteiger partial charge in [-0.2, -0.15) is 0 Å². The van der Waals surface area contributed by atoms with E-state index in [2.05, 4.69) is 5.32 Å². The van der Waals surface area contributed by atoms with Crippen LogP contribution >= 0.6 is 0 Å². The Bertz CT molecular complexity index is 1110. The number of likely N-dealkylation sites (N-methyl/N-ethyl adjacent to an activating group) is 1. The highest BCUT2D eigenvalue weighted by Gasteiger charge is 2.37. The normalized spacial score (nSPS) is 15.1. The van der Waals surface area contributed by atoms with Gasteiger partial charge in [0, 0.05) is 36.8 Å². The lowest BCUT2D eigenvalue weighted by molar-refractivity contribution is -0.140. The van der Waals surface area contributed by atoms with Gasteiger partial charge in [-0.25, -0.2) is 4.79 Å². The van der Waals surface area contributed by atoms with Crippen molar-refractivity contribution in [1.29, 1.82) is 0 Å². The standard InChI is InChI=1S/C27H40N4O4/c1-16(2)22(13-17(3)26(34)35)31(8)25(33)23(27(4,5)6)29-24(32)20(28)14-18-15-30(7)21-12-10-9-11-19(18)21/h9-13,15-16,20,22-23H,14,28H2,1-8H3,(H,29,32)(H,34,35)/b17-13+/t20-,22+,23+/m0/s1. The van der Waals surface area contributed by atoms with Crippen molar-refractivity contribution in [3.8, 4) is 0 Å². The molecule has 1 aromatic heterocycles. The van der Waals surface area contributed by atoms with Crippen molar-refractivity contribution in [3.63, 3.8) is 0 Å². The Labute approximate surface area is 208 Å². The molecule has 8 nitrogen and oxygen atoms in total. The minimum atomic E-state index is -1.03. The molecular weight excluding hydrogens is 444 g/mol. The summed E-state index contributed by atoms with van der Waals surface area (Å²) in [6.07, 6.45) is 3.89. The van der Waals surface area contributed by atoms with Crippen LogP contribution in [0.15, 0.2) is 42.1 Å².